The van der Waals surface area contributed by atoms with Gasteiger partial charge in [-0.05, 0) is 29.3 Å². The summed E-state index contributed by atoms with van der Waals surface area (Å²) in [6.07, 6.45) is 1.92. The number of benzene rings is 2. The first-order valence-electron chi connectivity index (χ1n) is 6.94. The number of rotatable bonds is 4. The van der Waals surface area contributed by atoms with Crippen LogP contribution in [-0.4, -0.2) is 18.6 Å². The average Bonchev–Trinajstić information content (AvgIpc) is 2.61. The summed E-state index contributed by atoms with van der Waals surface area (Å²) >= 11 is 0. The van der Waals surface area contributed by atoms with Crippen LogP contribution >= 0.6 is 0 Å². The first kappa shape index (κ1) is 17.8. The molecule has 0 spiro atoms. The van der Waals surface area contributed by atoms with E-state index in [0.717, 1.165) is 18.2 Å². The van der Waals surface area contributed by atoms with Crippen molar-refractivity contribution in [3.05, 3.63) is 70.6 Å². The average molecular weight is 352 g/mol. The maximum absolute atomic E-state index is 12.8. The monoisotopic (exact) mass is 352 g/mol. The van der Waals surface area contributed by atoms with Crippen molar-refractivity contribution in [2.45, 2.75) is 0 Å². The summed E-state index contributed by atoms with van der Waals surface area (Å²) in [4.78, 5) is -0.894. The Labute approximate surface area is 144 Å². The second kappa shape index (κ2) is 7.35. The van der Waals surface area contributed by atoms with Crippen LogP contribution in [0.5, 0.6) is 11.5 Å². The second-order valence-corrected chi connectivity index (χ2v) is 6.76. The molecular formula is C18H12N2O4S. The van der Waals surface area contributed by atoms with Crippen molar-refractivity contribution in [3.8, 4) is 23.6 Å². The molecule has 2 aromatic carbocycles. The smallest absolute Gasteiger partial charge is 0.217 e. The summed E-state index contributed by atoms with van der Waals surface area (Å²) in [6.45, 7) is 0. The van der Waals surface area contributed by atoms with Gasteiger partial charge in [-0.3, -0.25) is 0 Å². The highest BCUT2D eigenvalue weighted by Crippen LogP contribution is 2.30. The van der Waals surface area contributed by atoms with Crippen molar-refractivity contribution in [2.24, 2.45) is 0 Å². The standard InChI is InChI=1S/C18H12N2O4S/c19-9-8-18(14-4-2-1-3-5-14)25(23,24)15(12-20)10-13-6-7-16(21)17(22)11-13/h1-8,10-11,21-22H/b15-10+,18-8+. The van der Waals surface area contributed by atoms with Gasteiger partial charge in [0.2, 0.25) is 9.84 Å². The van der Waals surface area contributed by atoms with Gasteiger partial charge in [0.1, 0.15) is 11.0 Å². The summed E-state index contributed by atoms with van der Waals surface area (Å²) in [5.74, 6) is -0.813. The van der Waals surface area contributed by atoms with Gasteiger partial charge >= 0.3 is 0 Å². The normalized spacial score (nSPS) is 12.2. The summed E-state index contributed by atoms with van der Waals surface area (Å²) in [5, 5.41) is 37.0. The summed E-state index contributed by atoms with van der Waals surface area (Å²) in [5.41, 5.74) is 0.485. The Morgan fingerprint density at radius 2 is 1.68 bits per heavy atom. The lowest BCUT2D eigenvalue weighted by atomic mass is 10.2. The molecule has 2 rings (SSSR count). The Morgan fingerprint density at radius 3 is 2.24 bits per heavy atom. The Hall–Kier alpha value is -3.55. The van der Waals surface area contributed by atoms with Crippen LogP contribution in [0, 0.1) is 22.7 Å². The lowest BCUT2D eigenvalue weighted by molar-refractivity contribution is 0.403. The number of nitrogens with zero attached hydrogens (tertiary/aromatic N) is 2. The zero-order valence-electron chi connectivity index (χ0n) is 12.8. The molecule has 0 aromatic heterocycles. The molecule has 0 amide bonds. The zero-order chi connectivity index (χ0) is 18.4. The number of phenolic OH excluding ortho intramolecular Hbond substituents is 2. The zero-order valence-corrected chi connectivity index (χ0v) is 13.6. The fraction of sp³-hybridized carbons (Fsp3) is 0. The maximum Gasteiger partial charge on any atom is 0.217 e. The highest BCUT2D eigenvalue weighted by molar-refractivity contribution is 8.04. The van der Waals surface area contributed by atoms with Crippen LogP contribution in [-0.2, 0) is 9.84 Å². The molecule has 0 bridgehead atoms. The third kappa shape index (κ3) is 3.86. The van der Waals surface area contributed by atoms with Crippen molar-refractivity contribution in [1.82, 2.24) is 0 Å². The van der Waals surface area contributed by atoms with Gasteiger partial charge in [-0.2, -0.15) is 10.5 Å². The fourth-order valence-corrected chi connectivity index (χ4v) is 3.35. The molecule has 25 heavy (non-hydrogen) atoms. The number of allylic oxidation sites excluding steroid dienone is 2. The first-order valence-corrected chi connectivity index (χ1v) is 8.42. The van der Waals surface area contributed by atoms with E-state index in [9.17, 15) is 23.9 Å². The predicted molar refractivity (Wildman–Crippen MR) is 92.3 cm³/mol. The minimum absolute atomic E-state index is 0.208. The molecular weight excluding hydrogens is 340 g/mol. The molecule has 0 radical (unpaired) electrons. The molecule has 0 saturated heterocycles. The predicted octanol–water partition coefficient (Wildman–Crippen LogP) is 2.94. The number of sulfone groups is 1. The van der Waals surface area contributed by atoms with Crippen molar-refractivity contribution in [1.29, 1.82) is 10.5 Å². The van der Waals surface area contributed by atoms with Gasteiger partial charge in [0.25, 0.3) is 0 Å². The molecule has 0 saturated carbocycles. The van der Waals surface area contributed by atoms with Crippen LogP contribution in [0.2, 0.25) is 0 Å². The lowest BCUT2D eigenvalue weighted by Gasteiger charge is -2.08. The number of aromatic hydroxyl groups is 2. The molecule has 0 heterocycles. The SMILES string of the molecule is N#C/C=C(\c1ccccc1)S(=O)(=O)/C(C#N)=C/c1ccc(O)c(O)c1. The van der Waals surface area contributed by atoms with Gasteiger partial charge in [0, 0.05) is 6.08 Å². The Kier molecular flexibility index (Phi) is 5.23. The third-order valence-electron chi connectivity index (χ3n) is 3.24. The quantitative estimate of drug-likeness (QED) is 0.644. The van der Waals surface area contributed by atoms with Crippen molar-refractivity contribution in [2.75, 3.05) is 0 Å². The van der Waals surface area contributed by atoms with Gasteiger partial charge in [0.05, 0.1) is 11.0 Å². The Morgan fingerprint density at radius 1 is 1.00 bits per heavy atom. The van der Waals surface area contributed by atoms with Crippen molar-refractivity contribution >= 4 is 20.8 Å². The Bertz CT molecular complexity index is 1040. The van der Waals surface area contributed by atoms with Gasteiger partial charge in [-0.15, -0.1) is 0 Å². The van der Waals surface area contributed by atoms with E-state index in [4.69, 9.17) is 5.26 Å². The first-order chi connectivity index (χ1) is 11.9. The molecule has 6 nitrogen and oxygen atoms in total. The number of hydrogen-bond acceptors (Lipinski definition) is 6. The Balaban J connectivity index is 2.60. The van der Waals surface area contributed by atoms with E-state index < -0.39 is 20.5 Å². The van der Waals surface area contributed by atoms with E-state index in [0.29, 0.717) is 0 Å². The van der Waals surface area contributed by atoms with Crippen LogP contribution in [0.4, 0.5) is 0 Å². The highest BCUT2D eigenvalue weighted by Gasteiger charge is 2.25. The highest BCUT2D eigenvalue weighted by atomic mass is 32.2. The van der Waals surface area contributed by atoms with Crippen LogP contribution in [0.1, 0.15) is 11.1 Å². The van der Waals surface area contributed by atoms with E-state index in [1.54, 1.807) is 30.3 Å². The van der Waals surface area contributed by atoms with Crippen LogP contribution < -0.4 is 0 Å². The largest absolute Gasteiger partial charge is 0.504 e. The number of hydrogen-bond donors (Lipinski definition) is 2. The maximum atomic E-state index is 12.8. The van der Waals surface area contributed by atoms with Crippen LogP contribution in [0.3, 0.4) is 0 Å². The van der Waals surface area contributed by atoms with Gasteiger partial charge in [0.15, 0.2) is 11.5 Å². The second-order valence-electron chi connectivity index (χ2n) is 4.88. The van der Waals surface area contributed by atoms with Crippen molar-refractivity contribution < 1.29 is 18.6 Å². The number of phenols is 2. The summed E-state index contributed by atoms with van der Waals surface area (Å²) in [6, 6.07) is 14.9. The van der Waals surface area contributed by atoms with E-state index >= 15 is 0 Å². The van der Waals surface area contributed by atoms with Crippen LogP contribution in [0.15, 0.2) is 59.5 Å². The molecule has 0 fully saturated rings. The van der Waals surface area contributed by atoms with Gasteiger partial charge < -0.3 is 10.2 Å². The summed E-state index contributed by atoms with van der Waals surface area (Å²) in [7, 11) is -4.26. The number of nitriles is 2. The molecule has 2 aromatic rings. The van der Waals surface area contributed by atoms with Gasteiger partial charge in [-0.1, -0.05) is 36.4 Å². The molecule has 0 aliphatic rings. The molecule has 0 aliphatic carbocycles. The van der Waals surface area contributed by atoms with E-state index in [-0.39, 0.29) is 21.8 Å². The molecule has 2 N–H and O–H groups in total. The lowest BCUT2D eigenvalue weighted by Crippen LogP contribution is -2.06. The minimum atomic E-state index is -4.26. The minimum Gasteiger partial charge on any atom is -0.504 e. The van der Waals surface area contributed by atoms with E-state index in [1.165, 1.54) is 24.3 Å². The van der Waals surface area contributed by atoms with E-state index in [1.807, 2.05) is 0 Å². The van der Waals surface area contributed by atoms with Crippen LogP contribution in [0.25, 0.3) is 11.0 Å². The molecule has 0 atom stereocenters. The van der Waals surface area contributed by atoms with Crippen molar-refractivity contribution in [3.63, 3.8) is 0 Å². The third-order valence-corrected chi connectivity index (χ3v) is 4.96. The topological polar surface area (TPSA) is 122 Å². The molecule has 0 aliphatic heterocycles. The summed E-state index contributed by atoms with van der Waals surface area (Å²) < 4.78 is 25.6. The van der Waals surface area contributed by atoms with E-state index in [2.05, 4.69) is 0 Å². The molecule has 0 unspecified atom stereocenters. The van der Waals surface area contributed by atoms with Gasteiger partial charge in [-0.25, -0.2) is 8.42 Å². The fourth-order valence-electron chi connectivity index (χ4n) is 2.05. The molecule has 7 heteroatoms. The molecule has 124 valence electrons.